The molecule has 7 heteroatoms. The number of hydrogen-bond acceptors (Lipinski definition) is 3. The number of aromatic nitrogens is 2. The first kappa shape index (κ1) is 12.6. The maximum absolute atomic E-state index is 12.4. The van der Waals surface area contributed by atoms with Crippen LogP contribution in [0.3, 0.4) is 0 Å². The standard InChI is InChI=1S/C9H14F2N4O/c1-2-13-8(16)6-12-5-7-14-3-4-15(7)9(10)11/h3-4,9,12H,2,5-6H2,1H3,(H,13,16). The number of hydrogen-bond donors (Lipinski definition) is 2. The summed E-state index contributed by atoms with van der Waals surface area (Å²) in [5.41, 5.74) is 0. The quantitative estimate of drug-likeness (QED) is 0.751. The number of nitrogens with one attached hydrogen (secondary N) is 2. The molecule has 0 aliphatic rings. The number of carbonyl (C=O) groups excluding carboxylic acids is 1. The summed E-state index contributed by atoms with van der Waals surface area (Å²) in [6.07, 6.45) is 2.50. The van der Waals surface area contributed by atoms with Crippen molar-refractivity contribution in [2.45, 2.75) is 20.0 Å². The van der Waals surface area contributed by atoms with Crippen LogP contribution in [-0.4, -0.2) is 28.5 Å². The number of nitrogens with zero attached hydrogens (tertiary/aromatic N) is 2. The fourth-order valence-electron chi connectivity index (χ4n) is 1.21. The van der Waals surface area contributed by atoms with Crippen molar-refractivity contribution in [3.63, 3.8) is 0 Å². The van der Waals surface area contributed by atoms with Crippen LogP contribution in [0.15, 0.2) is 12.4 Å². The summed E-state index contributed by atoms with van der Waals surface area (Å²) in [7, 11) is 0. The smallest absolute Gasteiger partial charge is 0.319 e. The van der Waals surface area contributed by atoms with E-state index in [0.29, 0.717) is 6.54 Å². The summed E-state index contributed by atoms with van der Waals surface area (Å²) in [6.45, 7) is -0.0322. The van der Waals surface area contributed by atoms with Gasteiger partial charge in [-0.15, -0.1) is 0 Å². The third kappa shape index (κ3) is 3.58. The predicted molar refractivity (Wildman–Crippen MR) is 53.9 cm³/mol. The minimum absolute atomic E-state index is 0.0872. The van der Waals surface area contributed by atoms with Crippen molar-refractivity contribution in [3.05, 3.63) is 18.2 Å². The number of alkyl halides is 2. The molecule has 0 radical (unpaired) electrons. The highest BCUT2D eigenvalue weighted by Crippen LogP contribution is 2.11. The summed E-state index contributed by atoms with van der Waals surface area (Å²) in [5.74, 6) is 0.0388. The van der Waals surface area contributed by atoms with Gasteiger partial charge in [0.1, 0.15) is 5.82 Å². The van der Waals surface area contributed by atoms with Crippen LogP contribution in [0.1, 0.15) is 19.3 Å². The number of imidazole rings is 1. The summed E-state index contributed by atoms with van der Waals surface area (Å²) in [6, 6.07) is 0. The van der Waals surface area contributed by atoms with Crippen LogP contribution < -0.4 is 10.6 Å². The van der Waals surface area contributed by atoms with Crippen molar-refractivity contribution in [2.24, 2.45) is 0 Å². The minimum atomic E-state index is -2.61. The molecule has 16 heavy (non-hydrogen) atoms. The highest BCUT2D eigenvalue weighted by molar-refractivity contribution is 5.77. The molecule has 1 aromatic heterocycles. The van der Waals surface area contributed by atoms with Gasteiger partial charge in [-0.2, -0.15) is 8.78 Å². The Hall–Kier alpha value is -1.50. The van der Waals surface area contributed by atoms with E-state index < -0.39 is 6.55 Å². The van der Waals surface area contributed by atoms with Crippen LogP contribution in [0.5, 0.6) is 0 Å². The van der Waals surface area contributed by atoms with Gasteiger partial charge >= 0.3 is 6.55 Å². The van der Waals surface area contributed by atoms with E-state index in [9.17, 15) is 13.6 Å². The van der Waals surface area contributed by atoms with Gasteiger partial charge in [0.25, 0.3) is 0 Å². The molecule has 0 aliphatic carbocycles. The zero-order valence-electron chi connectivity index (χ0n) is 8.91. The monoisotopic (exact) mass is 232 g/mol. The second kappa shape index (κ2) is 6.16. The van der Waals surface area contributed by atoms with Crippen molar-refractivity contribution in [3.8, 4) is 0 Å². The Bertz CT molecular complexity index is 340. The largest absolute Gasteiger partial charge is 0.355 e. The Balaban J connectivity index is 2.37. The van der Waals surface area contributed by atoms with Crippen LogP contribution in [0.25, 0.3) is 0 Å². The first-order valence-electron chi connectivity index (χ1n) is 4.92. The molecule has 90 valence electrons. The first-order chi connectivity index (χ1) is 7.65. The second-order valence-electron chi connectivity index (χ2n) is 3.09. The van der Waals surface area contributed by atoms with Gasteiger partial charge < -0.3 is 10.6 Å². The topological polar surface area (TPSA) is 59.0 Å². The Morgan fingerprint density at radius 3 is 3.00 bits per heavy atom. The van der Waals surface area contributed by atoms with E-state index in [1.807, 2.05) is 0 Å². The molecule has 0 atom stereocenters. The van der Waals surface area contributed by atoms with Gasteiger partial charge in [0.15, 0.2) is 0 Å². The third-order valence-electron chi connectivity index (χ3n) is 1.90. The lowest BCUT2D eigenvalue weighted by molar-refractivity contribution is -0.120. The minimum Gasteiger partial charge on any atom is -0.355 e. The van der Waals surface area contributed by atoms with E-state index in [1.165, 1.54) is 12.4 Å². The van der Waals surface area contributed by atoms with E-state index >= 15 is 0 Å². The average molecular weight is 232 g/mol. The Labute approximate surface area is 91.9 Å². The molecule has 0 aromatic carbocycles. The zero-order chi connectivity index (χ0) is 12.0. The third-order valence-corrected chi connectivity index (χ3v) is 1.90. The van der Waals surface area contributed by atoms with E-state index in [-0.39, 0.29) is 24.8 Å². The van der Waals surface area contributed by atoms with Gasteiger partial charge in [0, 0.05) is 18.9 Å². The van der Waals surface area contributed by atoms with Gasteiger partial charge in [-0.1, -0.05) is 0 Å². The van der Waals surface area contributed by atoms with Crippen molar-refractivity contribution in [2.75, 3.05) is 13.1 Å². The maximum atomic E-state index is 12.4. The van der Waals surface area contributed by atoms with Crippen molar-refractivity contribution < 1.29 is 13.6 Å². The molecule has 2 N–H and O–H groups in total. The summed E-state index contributed by atoms with van der Waals surface area (Å²) >= 11 is 0. The van der Waals surface area contributed by atoms with Gasteiger partial charge in [0.2, 0.25) is 5.91 Å². The number of likely N-dealkylation sites (N-methyl/N-ethyl adjacent to an activating group) is 1. The lowest BCUT2D eigenvalue weighted by Crippen LogP contribution is -2.33. The fourth-order valence-corrected chi connectivity index (χ4v) is 1.21. The van der Waals surface area contributed by atoms with E-state index in [4.69, 9.17) is 0 Å². The molecule has 0 saturated carbocycles. The zero-order valence-corrected chi connectivity index (χ0v) is 8.91. The lowest BCUT2D eigenvalue weighted by Gasteiger charge is -2.07. The first-order valence-corrected chi connectivity index (χ1v) is 4.92. The molecule has 1 heterocycles. The number of amides is 1. The normalized spacial score (nSPS) is 10.8. The molecule has 0 saturated heterocycles. The molecular weight excluding hydrogens is 218 g/mol. The molecule has 1 aromatic rings. The van der Waals surface area contributed by atoms with Gasteiger partial charge in [0.05, 0.1) is 13.1 Å². The molecule has 1 rings (SSSR count). The number of carbonyl (C=O) groups is 1. The highest BCUT2D eigenvalue weighted by atomic mass is 19.3. The van der Waals surface area contributed by atoms with Gasteiger partial charge in [-0.25, -0.2) is 4.98 Å². The van der Waals surface area contributed by atoms with Crippen LogP contribution >= 0.6 is 0 Å². The summed E-state index contributed by atoms with van der Waals surface area (Å²) in [4.78, 5) is 14.8. The highest BCUT2D eigenvalue weighted by Gasteiger charge is 2.10. The van der Waals surface area contributed by atoms with Crippen molar-refractivity contribution in [1.82, 2.24) is 20.2 Å². The molecule has 0 aliphatic heterocycles. The van der Waals surface area contributed by atoms with E-state index in [1.54, 1.807) is 6.92 Å². The SMILES string of the molecule is CCNC(=O)CNCc1nccn1C(F)F. The summed E-state index contributed by atoms with van der Waals surface area (Å²) in [5, 5.41) is 5.33. The lowest BCUT2D eigenvalue weighted by atomic mass is 10.5. The van der Waals surface area contributed by atoms with Crippen LogP contribution in [-0.2, 0) is 11.3 Å². The molecule has 0 spiro atoms. The van der Waals surface area contributed by atoms with Crippen molar-refractivity contribution in [1.29, 1.82) is 0 Å². The predicted octanol–water partition coefficient (Wildman–Crippen LogP) is 0.504. The maximum Gasteiger partial charge on any atom is 0.319 e. The number of halogens is 2. The average Bonchev–Trinajstić information content (AvgIpc) is 2.66. The van der Waals surface area contributed by atoms with Crippen molar-refractivity contribution >= 4 is 5.91 Å². The fraction of sp³-hybridized carbons (Fsp3) is 0.556. The van der Waals surface area contributed by atoms with Gasteiger partial charge in [-0.05, 0) is 6.92 Å². The van der Waals surface area contributed by atoms with Crippen LogP contribution in [0, 0.1) is 0 Å². The molecular formula is C9H14F2N4O. The molecule has 0 bridgehead atoms. The molecule has 0 fully saturated rings. The Morgan fingerprint density at radius 2 is 2.38 bits per heavy atom. The molecule has 0 unspecified atom stereocenters. The Kier molecular flexibility index (Phi) is 4.84. The van der Waals surface area contributed by atoms with Gasteiger partial charge in [-0.3, -0.25) is 9.36 Å². The summed E-state index contributed by atoms with van der Waals surface area (Å²) < 4.78 is 25.5. The van der Waals surface area contributed by atoms with Crippen LogP contribution in [0.2, 0.25) is 0 Å². The van der Waals surface area contributed by atoms with Crippen LogP contribution in [0.4, 0.5) is 8.78 Å². The van der Waals surface area contributed by atoms with E-state index in [2.05, 4.69) is 15.6 Å². The number of rotatable bonds is 6. The molecule has 5 nitrogen and oxygen atoms in total. The Morgan fingerprint density at radius 1 is 1.62 bits per heavy atom. The molecule has 1 amide bonds. The van der Waals surface area contributed by atoms with E-state index in [0.717, 1.165) is 4.57 Å². The second-order valence-corrected chi connectivity index (χ2v) is 3.09.